The van der Waals surface area contributed by atoms with Gasteiger partial charge in [-0.05, 0) is 12.5 Å². The van der Waals surface area contributed by atoms with Crippen molar-refractivity contribution in [3.8, 4) is 5.75 Å². The van der Waals surface area contributed by atoms with Crippen molar-refractivity contribution < 1.29 is 22.8 Å². The highest BCUT2D eigenvalue weighted by Gasteiger charge is 2.65. The Kier molecular flexibility index (Phi) is 3.57. The van der Waals surface area contributed by atoms with Crippen LogP contribution in [0, 0.1) is 10.1 Å². The minimum atomic E-state index is -4.60. The molecule has 0 radical (unpaired) electrons. The molecule has 1 fully saturated rings. The Morgan fingerprint density at radius 2 is 2.05 bits per heavy atom. The van der Waals surface area contributed by atoms with E-state index in [0.717, 1.165) is 12.1 Å². The maximum Gasteiger partial charge on any atom is 0.426 e. The van der Waals surface area contributed by atoms with E-state index >= 15 is 0 Å². The van der Waals surface area contributed by atoms with Crippen molar-refractivity contribution in [3.63, 3.8) is 0 Å². The standard InChI is InChI=1S/C11H12F3N3O3/c1-2-5-20-9-4-3-7(6-8(9)17(18)19)10(15-16-10)11(12,13)14/h3-4,6,15-16H,2,5H2,1H3. The van der Waals surface area contributed by atoms with Crippen LogP contribution in [0.1, 0.15) is 18.9 Å². The summed E-state index contributed by atoms with van der Waals surface area (Å²) in [4.78, 5) is 10.2. The van der Waals surface area contributed by atoms with Crippen LogP contribution in [0.2, 0.25) is 0 Å². The SMILES string of the molecule is CCCOc1ccc(C2(C(F)(F)F)NN2)cc1[N+](=O)[O-]. The van der Waals surface area contributed by atoms with Gasteiger partial charge in [-0.15, -0.1) is 0 Å². The van der Waals surface area contributed by atoms with E-state index in [1.54, 1.807) is 0 Å². The van der Waals surface area contributed by atoms with E-state index in [2.05, 4.69) is 0 Å². The van der Waals surface area contributed by atoms with E-state index in [1.165, 1.54) is 6.07 Å². The molecule has 0 amide bonds. The van der Waals surface area contributed by atoms with E-state index in [0.29, 0.717) is 6.42 Å². The van der Waals surface area contributed by atoms with Gasteiger partial charge in [-0.3, -0.25) is 10.1 Å². The number of hydrogen-bond donors (Lipinski definition) is 2. The molecule has 2 N–H and O–H groups in total. The molecule has 1 saturated heterocycles. The lowest BCUT2D eigenvalue weighted by Crippen LogP contribution is -2.34. The van der Waals surface area contributed by atoms with Gasteiger partial charge in [0.1, 0.15) is 0 Å². The molecule has 110 valence electrons. The Hall–Kier alpha value is -1.87. The molecule has 1 aromatic rings. The summed E-state index contributed by atoms with van der Waals surface area (Å²) in [7, 11) is 0. The molecule has 9 heteroatoms. The summed E-state index contributed by atoms with van der Waals surface area (Å²) >= 11 is 0. The molecule has 20 heavy (non-hydrogen) atoms. The van der Waals surface area contributed by atoms with Gasteiger partial charge in [0.15, 0.2) is 5.75 Å². The summed E-state index contributed by atoms with van der Waals surface area (Å²) < 4.78 is 43.8. The number of nitrogens with one attached hydrogen (secondary N) is 2. The third kappa shape index (κ3) is 2.41. The number of hydrazine groups is 1. The van der Waals surface area contributed by atoms with Gasteiger partial charge in [0.05, 0.1) is 11.5 Å². The van der Waals surface area contributed by atoms with Gasteiger partial charge in [0, 0.05) is 11.6 Å². The highest BCUT2D eigenvalue weighted by atomic mass is 19.4. The van der Waals surface area contributed by atoms with Crippen molar-refractivity contribution >= 4 is 5.69 Å². The quantitative estimate of drug-likeness (QED) is 0.492. The number of alkyl halides is 3. The third-order valence-corrected chi connectivity index (χ3v) is 2.85. The topological polar surface area (TPSA) is 96.2 Å². The van der Waals surface area contributed by atoms with Crippen LogP contribution in [0.3, 0.4) is 0 Å². The molecule has 0 spiro atoms. The molecular formula is C11H12F3N3O3. The lowest BCUT2D eigenvalue weighted by atomic mass is 10.0. The molecule has 0 saturated carbocycles. The minimum absolute atomic E-state index is 0.0430. The van der Waals surface area contributed by atoms with E-state index in [1.807, 2.05) is 17.8 Å². The van der Waals surface area contributed by atoms with Crippen LogP contribution in [0.5, 0.6) is 5.75 Å². The van der Waals surface area contributed by atoms with Gasteiger partial charge in [-0.1, -0.05) is 13.0 Å². The number of rotatable bonds is 5. The van der Waals surface area contributed by atoms with Crippen molar-refractivity contribution in [2.75, 3.05) is 6.61 Å². The zero-order valence-electron chi connectivity index (χ0n) is 10.5. The molecule has 6 nitrogen and oxygen atoms in total. The fourth-order valence-corrected chi connectivity index (χ4v) is 1.74. The van der Waals surface area contributed by atoms with Crippen LogP contribution in [-0.4, -0.2) is 17.7 Å². The molecule has 1 aliphatic heterocycles. The Morgan fingerprint density at radius 3 is 2.50 bits per heavy atom. The molecule has 1 aromatic carbocycles. The van der Waals surface area contributed by atoms with Crippen molar-refractivity contribution in [1.82, 2.24) is 10.9 Å². The molecular weight excluding hydrogens is 279 g/mol. The summed E-state index contributed by atoms with van der Waals surface area (Å²) in [6.07, 6.45) is -3.97. The van der Waals surface area contributed by atoms with Gasteiger partial charge in [-0.25, -0.2) is 10.9 Å². The fraction of sp³-hybridized carbons (Fsp3) is 0.455. The zero-order valence-corrected chi connectivity index (χ0v) is 10.5. The fourth-order valence-electron chi connectivity index (χ4n) is 1.74. The van der Waals surface area contributed by atoms with Crippen molar-refractivity contribution in [2.45, 2.75) is 25.2 Å². The summed E-state index contributed by atoms with van der Waals surface area (Å²) in [5, 5.41) is 10.9. The first-order valence-electron chi connectivity index (χ1n) is 5.84. The average molecular weight is 291 g/mol. The van der Waals surface area contributed by atoms with Gasteiger partial charge in [0.25, 0.3) is 0 Å². The number of benzene rings is 1. The average Bonchev–Trinajstić information content (AvgIpc) is 3.16. The summed E-state index contributed by atoms with van der Waals surface area (Å²) in [6, 6.07) is 3.20. The first-order chi connectivity index (χ1) is 9.32. The highest BCUT2D eigenvalue weighted by Crippen LogP contribution is 2.44. The Bertz CT molecular complexity index is 529. The Morgan fingerprint density at radius 1 is 1.40 bits per heavy atom. The van der Waals surface area contributed by atoms with Gasteiger partial charge in [0.2, 0.25) is 5.66 Å². The van der Waals surface area contributed by atoms with Gasteiger partial charge in [-0.2, -0.15) is 13.2 Å². The smallest absolute Gasteiger partial charge is 0.426 e. The summed E-state index contributed by atoms with van der Waals surface area (Å²) in [6.45, 7) is 2.07. The summed E-state index contributed by atoms with van der Waals surface area (Å²) in [5.41, 5.74) is 0.805. The Labute approximate surface area is 112 Å². The monoisotopic (exact) mass is 291 g/mol. The lowest BCUT2D eigenvalue weighted by Gasteiger charge is -2.16. The zero-order chi connectivity index (χ0) is 15.0. The lowest BCUT2D eigenvalue weighted by molar-refractivity contribution is -0.386. The second kappa shape index (κ2) is 4.91. The number of halogens is 3. The van der Waals surface area contributed by atoms with Crippen LogP contribution in [-0.2, 0) is 5.66 Å². The molecule has 0 bridgehead atoms. The predicted octanol–water partition coefficient (Wildman–Crippen LogP) is 2.21. The largest absolute Gasteiger partial charge is 0.487 e. The van der Waals surface area contributed by atoms with Gasteiger partial charge < -0.3 is 4.74 Å². The molecule has 2 rings (SSSR count). The van der Waals surface area contributed by atoms with E-state index in [4.69, 9.17) is 4.74 Å². The normalized spacial score (nSPS) is 16.8. The van der Waals surface area contributed by atoms with Crippen molar-refractivity contribution in [2.24, 2.45) is 0 Å². The minimum Gasteiger partial charge on any atom is -0.487 e. The number of hydrogen-bond acceptors (Lipinski definition) is 5. The van der Waals surface area contributed by atoms with E-state index in [-0.39, 0.29) is 17.9 Å². The first-order valence-corrected chi connectivity index (χ1v) is 5.84. The Balaban J connectivity index is 2.39. The van der Waals surface area contributed by atoms with E-state index < -0.39 is 22.4 Å². The van der Waals surface area contributed by atoms with Crippen molar-refractivity contribution in [1.29, 1.82) is 0 Å². The van der Waals surface area contributed by atoms with Crippen LogP contribution < -0.4 is 15.6 Å². The third-order valence-electron chi connectivity index (χ3n) is 2.85. The second-order valence-electron chi connectivity index (χ2n) is 4.29. The first kappa shape index (κ1) is 14.5. The number of ether oxygens (including phenoxy) is 1. The van der Waals surface area contributed by atoms with Crippen LogP contribution in [0.25, 0.3) is 0 Å². The molecule has 0 atom stereocenters. The van der Waals surface area contributed by atoms with Crippen LogP contribution in [0.4, 0.5) is 18.9 Å². The number of nitrogens with zero attached hydrogens (tertiary/aromatic N) is 1. The molecule has 1 aliphatic rings. The number of nitro groups is 1. The molecule has 1 heterocycles. The van der Waals surface area contributed by atoms with Gasteiger partial charge >= 0.3 is 11.9 Å². The van der Waals surface area contributed by atoms with Crippen LogP contribution >= 0.6 is 0 Å². The predicted molar refractivity (Wildman–Crippen MR) is 62.9 cm³/mol. The molecule has 0 aliphatic carbocycles. The molecule has 0 aromatic heterocycles. The number of nitro benzene ring substituents is 1. The second-order valence-corrected chi connectivity index (χ2v) is 4.29. The van der Waals surface area contributed by atoms with Crippen molar-refractivity contribution in [3.05, 3.63) is 33.9 Å². The maximum atomic E-state index is 12.9. The summed E-state index contributed by atoms with van der Waals surface area (Å²) in [5.74, 6) is -0.0430. The van der Waals surface area contributed by atoms with E-state index in [9.17, 15) is 23.3 Å². The van der Waals surface area contributed by atoms with Crippen LogP contribution in [0.15, 0.2) is 18.2 Å². The molecule has 0 unspecified atom stereocenters. The maximum absolute atomic E-state index is 12.9. The highest BCUT2D eigenvalue weighted by molar-refractivity contribution is 5.51.